The van der Waals surface area contributed by atoms with Gasteiger partial charge in [-0.2, -0.15) is 0 Å². The van der Waals surface area contributed by atoms with Crippen LogP contribution in [0.2, 0.25) is 0 Å². The quantitative estimate of drug-likeness (QED) is 0.896. The Morgan fingerprint density at radius 3 is 2.83 bits per heavy atom. The van der Waals surface area contributed by atoms with Crippen LogP contribution in [0.4, 0.5) is 5.69 Å². The van der Waals surface area contributed by atoms with Crippen molar-refractivity contribution < 1.29 is 4.79 Å². The number of carbonyl (C=O) groups excluding carboxylic acids is 1. The van der Waals surface area contributed by atoms with Gasteiger partial charge in [0, 0.05) is 16.2 Å². The van der Waals surface area contributed by atoms with Crippen LogP contribution in [0.5, 0.6) is 0 Å². The van der Waals surface area contributed by atoms with E-state index in [1.54, 1.807) is 0 Å². The Morgan fingerprint density at radius 1 is 1.39 bits per heavy atom. The second-order valence-electron chi connectivity index (χ2n) is 4.81. The molecule has 1 aliphatic rings. The van der Waals surface area contributed by atoms with Crippen molar-refractivity contribution in [3.63, 3.8) is 0 Å². The number of anilines is 1. The molecule has 1 aliphatic carbocycles. The van der Waals surface area contributed by atoms with E-state index in [2.05, 4.69) is 26.6 Å². The van der Waals surface area contributed by atoms with E-state index in [1.807, 2.05) is 25.1 Å². The van der Waals surface area contributed by atoms with Crippen LogP contribution < -0.4 is 10.6 Å². The second kappa shape index (κ2) is 6.23. The normalized spacial score (nSPS) is 15.7. The van der Waals surface area contributed by atoms with Crippen LogP contribution in [0.25, 0.3) is 0 Å². The van der Waals surface area contributed by atoms with E-state index in [0.717, 1.165) is 28.6 Å². The molecular weight excluding hydrogens is 292 g/mol. The van der Waals surface area contributed by atoms with E-state index in [-0.39, 0.29) is 5.91 Å². The fourth-order valence-corrected chi connectivity index (χ4v) is 2.69. The first-order valence-electron chi connectivity index (χ1n) is 6.45. The molecule has 4 heteroatoms. The molecule has 3 nitrogen and oxygen atoms in total. The van der Waals surface area contributed by atoms with Gasteiger partial charge in [-0.25, -0.2) is 0 Å². The maximum Gasteiger partial charge on any atom is 0.239 e. The van der Waals surface area contributed by atoms with Crippen molar-refractivity contribution in [3.05, 3.63) is 28.2 Å². The highest BCUT2D eigenvalue weighted by Crippen LogP contribution is 2.23. The number of benzene rings is 1. The fraction of sp³-hybridized carbons (Fsp3) is 0.500. The van der Waals surface area contributed by atoms with Gasteiger partial charge in [-0.1, -0.05) is 34.8 Å². The van der Waals surface area contributed by atoms with Crippen molar-refractivity contribution in [1.82, 2.24) is 5.32 Å². The number of hydrogen-bond donors (Lipinski definition) is 2. The Labute approximate surface area is 116 Å². The largest absolute Gasteiger partial charge is 0.376 e. The highest BCUT2D eigenvalue weighted by Gasteiger charge is 2.16. The molecule has 1 fully saturated rings. The van der Waals surface area contributed by atoms with Crippen LogP contribution in [0.15, 0.2) is 22.7 Å². The predicted octanol–water partition coefficient (Wildman–Crippen LogP) is 3.23. The van der Waals surface area contributed by atoms with Crippen molar-refractivity contribution in [3.8, 4) is 0 Å². The van der Waals surface area contributed by atoms with Gasteiger partial charge in [0.2, 0.25) is 5.91 Å². The summed E-state index contributed by atoms with van der Waals surface area (Å²) in [5.41, 5.74) is 2.14. The molecule has 2 rings (SSSR count). The average Bonchev–Trinajstić information content (AvgIpc) is 2.84. The summed E-state index contributed by atoms with van der Waals surface area (Å²) < 4.78 is 1.06. The lowest BCUT2D eigenvalue weighted by Gasteiger charge is -2.14. The maximum atomic E-state index is 11.8. The summed E-state index contributed by atoms with van der Waals surface area (Å²) >= 11 is 3.48. The molecule has 1 amide bonds. The zero-order chi connectivity index (χ0) is 13.0. The highest BCUT2D eigenvalue weighted by molar-refractivity contribution is 9.10. The van der Waals surface area contributed by atoms with Gasteiger partial charge in [-0.05, 0) is 37.5 Å². The Kier molecular flexibility index (Phi) is 4.64. The Balaban J connectivity index is 1.83. The molecule has 0 spiro atoms. The lowest BCUT2D eigenvalue weighted by Crippen LogP contribution is -2.36. The van der Waals surface area contributed by atoms with E-state index >= 15 is 0 Å². The van der Waals surface area contributed by atoms with Crippen LogP contribution in [0, 0.1) is 6.92 Å². The summed E-state index contributed by atoms with van der Waals surface area (Å²) in [5.74, 6) is 0.0845. The first-order chi connectivity index (χ1) is 8.66. The molecule has 18 heavy (non-hydrogen) atoms. The van der Waals surface area contributed by atoms with E-state index in [0.29, 0.717) is 12.6 Å². The van der Waals surface area contributed by atoms with Gasteiger partial charge < -0.3 is 10.6 Å². The second-order valence-corrected chi connectivity index (χ2v) is 5.67. The van der Waals surface area contributed by atoms with Crippen LogP contribution in [0.1, 0.15) is 31.2 Å². The number of rotatable bonds is 4. The summed E-state index contributed by atoms with van der Waals surface area (Å²) in [6.45, 7) is 2.37. The van der Waals surface area contributed by atoms with Crippen molar-refractivity contribution in [2.45, 2.75) is 38.6 Å². The van der Waals surface area contributed by atoms with E-state index < -0.39 is 0 Å². The third kappa shape index (κ3) is 3.48. The zero-order valence-corrected chi connectivity index (χ0v) is 12.2. The molecule has 0 unspecified atom stereocenters. The summed E-state index contributed by atoms with van der Waals surface area (Å²) in [5, 5.41) is 6.26. The Bertz CT molecular complexity index is 428. The fourth-order valence-electron chi connectivity index (χ4n) is 2.32. The molecular formula is C14H19BrN2O. The van der Waals surface area contributed by atoms with Gasteiger partial charge in [0.1, 0.15) is 0 Å². The lowest BCUT2D eigenvalue weighted by atomic mass is 10.2. The van der Waals surface area contributed by atoms with E-state index in [4.69, 9.17) is 0 Å². The molecule has 0 radical (unpaired) electrons. The summed E-state index contributed by atoms with van der Waals surface area (Å²) in [4.78, 5) is 11.8. The molecule has 0 aromatic heterocycles. The van der Waals surface area contributed by atoms with E-state index in [1.165, 1.54) is 12.8 Å². The minimum absolute atomic E-state index is 0.0845. The average molecular weight is 311 g/mol. The minimum atomic E-state index is 0.0845. The number of hydrogen-bond acceptors (Lipinski definition) is 2. The molecule has 0 bridgehead atoms. The topological polar surface area (TPSA) is 41.1 Å². The molecule has 0 atom stereocenters. The minimum Gasteiger partial charge on any atom is -0.376 e. The molecule has 1 aromatic rings. The molecule has 0 aliphatic heterocycles. The summed E-state index contributed by atoms with van der Waals surface area (Å²) in [6.07, 6.45) is 4.73. The zero-order valence-electron chi connectivity index (χ0n) is 10.6. The third-order valence-electron chi connectivity index (χ3n) is 3.43. The summed E-state index contributed by atoms with van der Waals surface area (Å²) in [6, 6.07) is 6.35. The molecule has 98 valence electrons. The van der Waals surface area contributed by atoms with Crippen LogP contribution in [-0.2, 0) is 4.79 Å². The first-order valence-corrected chi connectivity index (χ1v) is 7.24. The number of carbonyl (C=O) groups is 1. The van der Waals surface area contributed by atoms with Crippen LogP contribution in [0.3, 0.4) is 0 Å². The molecule has 2 N–H and O–H groups in total. The van der Waals surface area contributed by atoms with Crippen molar-refractivity contribution in [1.29, 1.82) is 0 Å². The molecule has 1 aromatic carbocycles. The highest BCUT2D eigenvalue weighted by atomic mass is 79.9. The monoisotopic (exact) mass is 310 g/mol. The smallest absolute Gasteiger partial charge is 0.239 e. The standard InChI is InChI=1S/C14H19BrN2O/c1-10-12(15)7-4-8-13(10)16-9-14(18)17-11-5-2-3-6-11/h4,7-8,11,16H,2-3,5-6,9H2,1H3,(H,17,18). The molecule has 0 saturated heterocycles. The van der Waals surface area contributed by atoms with Crippen LogP contribution >= 0.6 is 15.9 Å². The number of nitrogens with one attached hydrogen (secondary N) is 2. The van der Waals surface area contributed by atoms with Crippen molar-refractivity contribution >= 4 is 27.5 Å². The van der Waals surface area contributed by atoms with Gasteiger partial charge in [-0.15, -0.1) is 0 Å². The van der Waals surface area contributed by atoms with Gasteiger partial charge >= 0.3 is 0 Å². The Morgan fingerprint density at radius 2 is 2.11 bits per heavy atom. The third-order valence-corrected chi connectivity index (χ3v) is 4.29. The number of amides is 1. The lowest BCUT2D eigenvalue weighted by molar-refractivity contribution is -0.120. The molecule has 0 heterocycles. The van der Waals surface area contributed by atoms with Gasteiger partial charge in [0.25, 0.3) is 0 Å². The van der Waals surface area contributed by atoms with Gasteiger partial charge in [-0.3, -0.25) is 4.79 Å². The van der Waals surface area contributed by atoms with Gasteiger partial charge in [0.15, 0.2) is 0 Å². The SMILES string of the molecule is Cc1c(Br)cccc1NCC(=O)NC1CCCC1. The summed E-state index contributed by atoms with van der Waals surface area (Å²) in [7, 11) is 0. The van der Waals surface area contributed by atoms with Gasteiger partial charge in [0.05, 0.1) is 6.54 Å². The number of halogens is 1. The molecule has 1 saturated carbocycles. The maximum absolute atomic E-state index is 11.8. The first kappa shape index (κ1) is 13.4. The van der Waals surface area contributed by atoms with Crippen molar-refractivity contribution in [2.75, 3.05) is 11.9 Å². The van der Waals surface area contributed by atoms with Crippen LogP contribution in [-0.4, -0.2) is 18.5 Å². The predicted molar refractivity (Wildman–Crippen MR) is 77.8 cm³/mol. The van der Waals surface area contributed by atoms with Crippen molar-refractivity contribution in [2.24, 2.45) is 0 Å². The van der Waals surface area contributed by atoms with E-state index in [9.17, 15) is 4.79 Å². The Hall–Kier alpha value is -1.03.